The standard InChI is InChI=1S/C15H22N2O9/c1-15(13(18)25-16-20-8-9-21-16)6-3-2-4-12(5-7-15)24-14(19)26-17-22-10-11-23-17/h2,4,12H,3,5-11H2,1H3/b4-2+/t12-,15+/m1/s1. The Morgan fingerprint density at radius 1 is 1.00 bits per heavy atom. The minimum Gasteiger partial charge on any atom is -0.425 e. The summed E-state index contributed by atoms with van der Waals surface area (Å²) in [5, 5.41) is 1.36. The Bertz CT molecular complexity index is 531. The van der Waals surface area contributed by atoms with Gasteiger partial charge in [-0.25, -0.2) is 28.9 Å². The van der Waals surface area contributed by atoms with Crippen LogP contribution in [0, 0.1) is 5.41 Å². The normalized spacial score (nSPS) is 31.8. The van der Waals surface area contributed by atoms with Crippen molar-refractivity contribution in [3.63, 3.8) is 0 Å². The Labute approximate surface area is 150 Å². The number of ether oxygens (including phenoxy) is 1. The molecule has 0 spiro atoms. The zero-order valence-corrected chi connectivity index (χ0v) is 14.5. The topological polar surface area (TPSA) is 105 Å². The van der Waals surface area contributed by atoms with Crippen LogP contribution in [0.2, 0.25) is 0 Å². The number of nitrogens with zero attached hydrogens (tertiary/aromatic N) is 2. The lowest BCUT2D eigenvalue weighted by atomic mass is 9.79. The Morgan fingerprint density at radius 3 is 2.27 bits per heavy atom. The molecule has 3 rings (SSSR count). The van der Waals surface area contributed by atoms with Crippen LogP contribution in [0.15, 0.2) is 12.2 Å². The van der Waals surface area contributed by atoms with E-state index in [4.69, 9.17) is 33.8 Å². The van der Waals surface area contributed by atoms with Crippen LogP contribution in [-0.4, -0.2) is 55.4 Å². The van der Waals surface area contributed by atoms with Gasteiger partial charge in [-0.1, -0.05) is 6.08 Å². The van der Waals surface area contributed by atoms with Crippen molar-refractivity contribution in [2.75, 3.05) is 26.4 Å². The molecular weight excluding hydrogens is 352 g/mol. The van der Waals surface area contributed by atoms with Crippen molar-refractivity contribution in [2.24, 2.45) is 5.41 Å². The Kier molecular flexibility index (Phi) is 6.40. The molecule has 0 bridgehead atoms. The molecule has 2 aliphatic heterocycles. The highest BCUT2D eigenvalue weighted by Gasteiger charge is 2.38. The highest BCUT2D eigenvalue weighted by molar-refractivity contribution is 5.76. The molecule has 2 fully saturated rings. The maximum atomic E-state index is 12.5. The zero-order chi connectivity index (χ0) is 18.4. The summed E-state index contributed by atoms with van der Waals surface area (Å²) in [6.07, 6.45) is 4.20. The van der Waals surface area contributed by atoms with Gasteiger partial charge in [-0.15, -0.1) is 0 Å². The van der Waals surface area contributed by atoms with Crippen molar-refractivity contribution in [3.8, 4) is 0 Å². The van der Waals surface area contributed by atoms with Crippen LogP contribution in [-0.2, 0) is 38.6 Å². The molecule has 26 heavy (non-hydrogen) atoms. The van der Waals surface area contributed by atoms with E-state index in [1.54, 1.807) is 13.0 Å². The lowest BCUT2D eigenvalue weighted by Crippen LogP contribution is -2.36. The summed E-state index contributed by atoms with van der Waals surface area (Å²) in [5.74, 6) is -0.463. The largest absolute Gasteiger partial charge is 0.532 e. The lowest BCUT2D eigenvalue weighted by molar-refractivity contribution is -0.462. The van der Waals surface area contributed by atoms with E-state index in [2.05, 4.69) is 0 Å². The zero-order valence-electron chi connectivity index (χ0n) is 14.5. The van der Waals surface area contributed by atoms with Crippen molar-refractivity contribution in [1.82, 2.24) is 10.8 Å². The summed E-state index contributed by atoms with van der Waals surface area (Å²) in [6, 6.07) is 0. The quantitative estimate of drug-likeness (QED) is 0.526. The summed E-state index contributed by atoms with van der Waals surface area (Å²) in [4.78, 5) is 53.8. The number of carbonyl (C=O) groups excluding carboxylic acids is 2. The van der Waals surface area contributed by atoms with Gasteiger partial charge in [-0.2, -0.15) is 0 Å². The summed E-state index contributed by atoms with van der Waals surface area (Å²) in [7, 11) is 0. The number of allylic oxidation sites excluding steroid dienone is 1. The Hall–Kier alpha value is -1.76. The van der Waals surface area contributed by atoms with Gasteiger partial charge in [-0.3, -0.25) is 4.84 Å². The highest BCUT2D eigenvalue weighted by atomic mass is 17.2. The molecule has 0 aromatic rings. The number of hydrogen-bond acceptors (Lipinski definition) is 11. The molecule has 11 heteroatoms. The van der Waals surface area contributed by atoms with E-state index in [9.17, 15) is 9.59 Å². The second-order valence-electron chi connectivity index (χ2n) is 6.22. The molecule has 0 N–H and O–H groups in total. The van der Waals surface area contributed by atoms with Gasteiger partial charge in [0.15, 0.2) is 0 Å². The summed E-state index contributed by atoms with van der Waals surface area (Å²) >= 11 is 0. The number of hydrogen-bond donors (Lipinski definition) is 0. The first-order valence-corrected chi connectivity index (χ1v) is 8.45. The molecule has 2 heterocycles. The fraction of sp³-hybridized carbons (Fsp3) is 0.733. The van der Waals surface area contributed by atoms with E-state index < -0.39 is 23.6 Å². The van der Waals surface area contributed by atoms with Crippen LogP contribution in [0.1, 0.15) is 32.6 Å². The number of carbonyl (C=O) groups is 2. The molecule has 0 aromatic heterocycles. The lowest BCUT2D eigenvalue weighted by Gasteiger charge is -2.30. The summed E-state index contributed by atoms with van der Waals surface area (Å²) < 4.78 is 5.23. The molecule has 0 radical (unpaired) electrons. The summed E-state index contributed by atoms with van der Waals surface area (Å²) in [5.41, 5.74) is -0.771. The van der Waals surface area contributed by atoms with Gasteiger partial charge in [0.1, 0.15) is 43.3 Å². The molecule has 2 atom stereocenters. The first-order valence-electron chi connectivity index (χ1n) is 8.45. The summed E-state index contributed by atoms with van der Waals surface area (Å²) in [6.45, 7) is 3.04. The monoisotopic (exact) mass is 374 g/mol. The van der Waals surface area contributed by atoms with Gasteiger partial charge in [-0.05, 0) is 38.7 Å². The molecule has 0 aromatic carbocycles. The van der Waals surface area contributed by atoms with Crippen LogP contribution in [0.5, 0.6) is 0 Å². The van der Waals surface area contributed by atoms with Crippen molar-refractivity contribution in [3.05, 3.63) is 12.2 Å². The molecule has 0 amide bonds. The minimum absolute atomic E-state index is 0.293. The fourth-order valence-corrected chi connectivity index (χ4v) is 2.65. The second kappa shape index (κ2) is 8.75. The minimum atomic E-state index is -0.953. The van der Waals surface area contributed by atoms with E-state index >= 15 is 0 Å². The average Bonchev–Trinajstić information content (AvgIpc) is 3.28. The second-order valence-corrected chi connectivity index (χ2v) is 6.22. The SMILES string of the molecule is C[C@]1(C(=O)ON2OCCO2)CC/C=C/[C@@H](OC(=O)ON2OCCO2)CC1. The van der Waals surface area contributed by atoms with Crippen LogP contribution in [0.25, 0.3) is 0 Å². The maximum absolute atomic E-state index is 12.5. The van der Waals surface area contributed by atoms with E-state index in [1.165, 1.54) is 0 Å². The molecule has 11 nitrogen and oxygen atoms in total. The Balaban J connectivity index is 1.50. The average molecular weight is 374 g/mol. The third-order valence-electron chi connectivity index (χ3n) is 4.19. The van der Waals surface area contributed by atoms with Gasteiger partial charge < -0.3 is 9.57 Å². The maximum Gasteiger partial charge on any atom is 0.532 e. The van der Waals surface area contributed by atoms with Crippen LogP contribution < -0.4 is 0 Å². The van der Waals surface area contributed by atoms with Gasteiger partial charge in [0.25, 0.3) is 0 Å². The van der Waals surface area contributed by atoms with Crippen LogP contribution >= 0.6 is 0 Å². The van der Waals surface area contributed by atoms with E-state index in [0.29, 0.717) is 57.5 Å². The van der Waals surface area contributed by atoms with Crippen molar-refractivity contribution in [2.45, 2.75) is 38.7 Å². The van der Waals surface area contributed by atoms with Crippen molar-refractivity contribution < 1.29 is 43.4 Å². The third-order valence-corrected chi connectivity index (χ3v) is 4.19. The molecular formula is C15H22N2O9. The van der Waals surface area contributed by atoms with Crippen LogP contribution in [0.4, 0.5) is 4.79 Å². The highest BCUT2D eigenvalue weighted by Crippen LogP contribution is 2.34. The van der Waals surface area contributed by atoms with Crippen molar-refractivity contribution >= 4 is 12.1 Å². The molecule has 146 valence electrons. The van der Waals surface area contributed by atoms with Gasteiger partial charge in [0.2, 0.25) is 0 Å². The molecule has 1 aliphatic carbocycles. The van der Waals surface area contributed by atoms with E-state index in [1.807, 2.05) is 6.08 Å². The van der Waals surface area contributed by atoms with Gasteiger partial charge in [0, 0.05) is 0 Å². The molecule has 0 unspecified atom stereocenters. The molecule has 2 saturated heterocycles. The van der Waals surface area contributed by atoms with E-state index in [-0.39, 0.29) is 0 Å². The predicted octanol–water partition coefficient (Wildman–Crippen LogP) is 1.38. The first kappa shape index (κ1) is 19.0. The number of rotatable bonds is 4. The molecule has 0 saturated carbocycles. The predicted molar refractivity (Wildman–Crippen MR) is 80.6 cm³/mol. The fourth-order valence-electron chi connectivity index (χ4n) is 2.65. The Morgan fingerprint density at radius 2 is 1.62 bits per heavy atom. The van der Waals surface area contributed by atoms with Crippen LogP contribution in [0.3, 0.4) is 0 Å². The first-order chi connectivity index (χ1) is 12.5. The third kappa shape index (κ3) is 5.13. The van der Waals surface area contributed by atoms with Gasteiger partial charge >= 0.3 is 12.1 Å². The van der Waals surface area contributed by atoms with E-state index in [0.717, 1.165) is 5.39 Å². The molecule has 3 aliphatic rings. The van der Waals surface area contributed by atoms with Gasteiger partial charge in [0.05, 0.1) is 5.41 Å². The smallest absolute Gasteiger partial charge is 0.425 e. The van der Waals surface area contributed by atoms with Crippen molar-refractivity contribution in [1.29, 1.82) is 0 Å².